The predicted octanol–water partition coefficient (Wildman–Crippen LogP) is 3.89. The van der Waals surface area contributed by atoms with Crippen molar-refractivity contribution in [3.05, 3.63) is 59.4 Å². The molecule has 2 aliphatic heterocycles. The number of thioether (sulfide) groups is 1. The predicted molar refractivity (Wildman–Crippen MR) is 108 cm³/mol. The summed E-state index contributed by atoms with van der Waals surface area (Å²) >= 11 is 1.32. The van der Waals surface area contributed by atoms with Gasteiger partial charge in [0.15, 0.2) is 0 Å². The average Bonchev–Trinajstić information content (AvgIpc) is 2.69. The van der Waals surface area contributed by atoms with Crippen molar-refractivity contribution in [2.24, 2.45) is 0 Å². The maximum Gasteiger partial charge on any atom is 0.227 e. The van der Waals surface area contributed by atoms with Crippen LogP contribution in [0.4, 0.5) is 10.1 Å². The number of aliphatic hydroxyl groups excluding tert-OH is 1. The van der Waals surface area contributed by atoms with E-state index in [0.29, 0.717) is 36.5 Å². The second-order valence-electron chi connectivity index (χ2n) is 7.58. The molecular formula is C22H24FNO3S. The van der Waals surface area contributed by atoms with Crippen LogP contribution in [0.2, 0.25) is 0 Å². The highest BCUT2D eigenvalue weighted by Crippen LogP contribution is 2.46. The highest BCUT2D eigenvalue weighted by Gasteiger charge is 2.45. The molecule has 0 spiro atoms. The van der Waals surface area contributed by atoms with Gasteiger partial charge in [-0.3, -0.25) is 4.79 Å². The van der Waals surface area contributed by atoms with Crippen LogP contribution in [0.3, 0.4) is 0 Å². The molecule has 0 bridgehead atoms. The van der Waals surface area contributed by atoms with Crippen molar-refractivity contribution in [1.82, 2.24) is 0 Å². The second kappa shape index (κ2) is 7.50. The SMILES string of the molecule is CN1C(=O)CCc2cc(SC3C(O)CCOC3(C)c3ccccc3)c(F)cc21. The summed E-state index contributed by atoms with van der Waals surface area (Å²) in [4.78, 5) is 13.9. The molecule has 2 aromatic rings. The van der Waals surface area contributed by atoms with Crippen molar-refractivity contribution in [2.45, 2.75) is 48.0 Å². The second-order valence-corrected chi connectivity index (χ2v) is 8.76. The fourth-order valence-corrected chi connectivity index (χ4v) is 5.45. The zero-order valence-corrected chi connectivity index (χ0v) is 16.8. The highest BCUT2D eigenvalue weighted by molar-refractivity contribution is 8.00. The van der Waals surface area contributed by atoms with Gasteiger partial charge >= 0.3 is 0 Å². The molecule has 1 N–H and O–H groups in total. The minimum absolute atomic E-state index is 0.0000542. The lowest BCUT2D eigenvalue weighted by Crippen LogP contribution is -2.49. The molecule has 0 saturated carbocycles. The summed E-state index contributed by atoms with van der Waals surface area (Å²) in [7, 11) is 1.68. The van der Waals surface area contributed by atoms with Crippen LogP contribution >= 0.6 is 11.8 Å². The average molecular weight is 402 g/mol. The number of hydrogen-bond acceptors (Lipinski definition) is 4. The molecule has 2 heterocycles. The Morgan fingerprint density at radius 3 is 2.75 bits per heavy atom. The van der Waals surface area contributed by atoms with Crippen LogP contribution in [-0.4, -0.2) is 36.0 Å². The van der Waals surface area contributed by atoms with Crippen LogP contribution in [0.5, 0.6) is 0 Å². The Morgan fingerprint density at radius 1 is 1.25 bits per heavy atom. The van der Waals surface area contributed by atoms with Gasteiger partial charge in [-0.15, -0.1) is 11.8 Å². The largest absolute Gasteiger partial charge is 0.392 e. The standard InChI is InChI=1S/C22H24FNO3S/c1-22(15-6-4-3-5-7-15)21(18(25)10-11-27-22)28-19-12-14-8-9-20(26)24(2)17(14)13-16(19)23/h3-7,12-13,18,21,25H,8-11H2,1-2H3. The third-order valence-corrected chi connectivity index (χ3v) is 7.37. The van der Waals surface area contributed by atoms with Gasteiger partial charge in [0.25, 0.3) is 0 Å². The summed E-state index contributed by atoms with van der Waals surface area (Å²) in [6, 6.07) is 13.0. The zero-order valence-electron chi connectivity index (χ0n) is 16.0. The molecule has 0 aliphatic carbocycles. The van der Waals surface area contributed by atoms with Gasteiger partial charge < -0.3 is 14.7 Å². The number of halogens is 1. The number of carbonyl (C=O) groups is 1. The fourth-order valence-electron chi connectivity index (χ4n) is 4.07. The number of anilines is 1. The summed E-state index contributed by atoms with van der Waals surface area (Å²) in [5.41, 5.74) is 1.83. The maximum atomic E-state index is 14.9. The van der Waals surface area contributed by atoms with Crippen molar-refractivity contribution in [1.29, 1.82) is 0 Å². The maximum absolute atomic E-state index is 14.9. The third kappa shape index (κ3) is 3.34. The molecular weight excluding hydrogens is 377 g/mol. The van der Waals surface area contributed by atoms with Gasteiger partial charge in [-0.25, -0.2) is 4.39 Å². The number of benzene rings is 2. The molecule has 1 amide bonds. The van der Waals surface area contributed by atoms with Crippen molar-refractivity contribution in [2.75, 3.05) is 18.6 Å². The number of hydrogen-bond donors (Lipinski definition) is 1. The van der Waals surface area contributed by atoms with E-state index in [1.54, 1.807) is 7.05 Å². The summed E-state index contributed by atoms with van der Waals surface area (Å²) in [5, 5.41) is 10.4. The topological polar surface area (TPSA) is 49.8 Å². The minimum Gasteiger partial charge on any atom is -0.392 e. The monoisotopic (exact) mass is 401 g/mol. The van der Waals surface area contributed by atoms with Crippen LogP contribution in [0.15, 0.2) is 47.4 Å². The number of ether oxygens (including phenoxy) is 1. The molecule has 148 valence electrons. The van der Waals surface area contributed by atoms with Gasteiger partial charge in [0.2, 0.25) is 5.91 Å². The van der Waals surface area contributed by atoms with E-state index in [0.717, 1.165) is 11.1 Å². The number of nitrogens with zero attached hydrogens (tertiary/aromatic N) is 1. The number of fused-ring (bicyclic) bond motifs is 1. The van der Waals surface area contributed by atoms with Crippen molar-refractivity contribution < 1.29 is 19.0 Å². The smallest absolute Gasteiger partial charge is 0.227 e. The first-order chi connectivity index (χ1) is 13.4. The summed E-state index contributed by atoms with van der Waals surface area (Å²) < 4.78 is 21.1. The van der Waals surface area contributed by atoms with E-state index in [1.807, 2.05) is 43.3 Å². The number of rotatable bonds is 3. The molecule has 0 radical (unpaired) electrons. The van der Waals surface area contributed by atoms with E-state index in [1.165, 1.54) is 22.7 Å². The Balaban J connectivity index is 1.69. The minimum atomic E-state index is -0.724. The Morgan fingerprint density at radius 2 is 2.00 bits per heavy atom. The normalized spacial score (nSPS) is 27.6. The van der Waals surface area contributed by atoms with E-state index in [2.05, 4.69) is 0 Å². The molecule has 2 aromatic carbocycles. The van der Waals surface area contributed by atoms with Gasteiger partial charge in [-0.05, 0) is 43.0 Å². The van der Waals surface area contributed by atoms with E-state index in [9.17, 15) is 14.3 Å². The molecule has 0 aromatic heterocycles. The molecule has 1 saturated heterocycles. The van der Waals surface area contributed by atoms with E-state index in [-0.39, 0.29) is 17.0 Å². The zero-order chi connectivity index (χ0) is 19.9. The molecule has 4 rings (SSSR count). The third-order valence-electron chi connectivity index (χ3n) is 5.79. The van der Waals surface area contributed by atoms with Crippen molar-refractivity contribution >= 4 is 23.4 Å². The van der Waals surface area contributed by atoms with Crippen LogP contribution in [0.25, 0.3) is 0 Å². The van der Waals surface area contributed by atoms with Crippen LogP contribution in [0, 0.1) is 5.82 Å². The quantitative estimate of drug-likeness (QED) is 0.848. The fraction of sp³-hybridized carbons (Fsp3) is 0.409. The van der Waals surface area contributed by atoms with Crippen LogP contribution in [-0.2, 0) is 21.6 Å². The van der Waals surface area contributed by atoms with Gasteiger partial charge in [0.1, 0.15) is 11.4 Å². The number of amides is 1. The molecule has 1 fully saturated rings. The molecule has 3 unspecified atom stereocenters. The lowest BCUT2D eigenvalue weighted by atomic mass is 9.86. The first-order valence-electron chi connectivity index (χ1n) is 9.53. The van der Waals surface area contributed by atoms with Crippen LogP contribution < -0.4 is 4.90 Å². The van der Waals surface area contributed by atoms with Gasteiger partial charge in [-0.1, -0.05) is 30.3 Å². The summed E-state index contributed by atoms with van der Waals surface area (Å²) in [6.07, 6.45) is 0.940. The molecule has 2 aliphatic rings. The summed E-state index contributed by atoms with van der Waals surface area (Å²) in [6.45, 7) is 2.42. The van der Waals surface area contributed by atoms with Crippen molar-refractivity contribution in [3.63, 3.8) is 0 Å². The van der Waals surface area contributed by atoms with E-state index in [4.69, 9.17) is 4.74 Å². The Hall–Kier alpha value is -1.89. The lowest BCUT2D eigenvalue weighted by molar-refractivity contribution is -0.118. The number of carbonyl (C=O) groups excluding carboxylic acids is 1. The Bertz CT molecular complexity index is 891. The Kier molecular flexibility index (Phi) is 5.21. The van der Waals surface area contributed by atoms with Gasteiger partial charge in [0.05, 0.1) is 18.0 Å². The van der Waals surface area contributed by atoms with Gasteiger partial charge in [0, 0.05) is 24.1 Å². The van der Waals surface area contributed by atoms with Gasteiger partial charge in [-0.2, -0.15) is 0 Å². The lowest BCUT2D eigenvalue weighted by Gasteiger charge is -2.44. The molecule has 3 atom stereocenters. The van der Waals surface area contributed by atoms with Crippen molar-refractivity contribution in [3.8, 4) is 0 Å². The Labute approximate surface area is 168 Å². The van der Waals surface area contributed by atoms with Crippen LogP contribution in [0.1, 0.15) is 30.9 Å². The first-order valence-corrected chi connectivity index (χ1v) is 10.4. The number of aliphatic hydroxyl groups is 1. The van der Waals surface area contributed by atoms with E-state index < -0.39 is 11.7 Å². The number of aryl methyl sites for hydroxylation is 1. The highest BCUT2D eigenvalue weighted by atomic mass is 32.2. The molecule has 28 heavy (non-hydrogen) atoms. The summed E-state index contributed by atoms with van der Waals surface area (Å²) in [5.74, 6) is -0.376. The first kappa shape index (κ1) is 19.4. The molecule has 6 heteroatoms. The molecule has 4 nitrogen and oxygen atoms in total. The van der Waals surface area contributed by atoms with E-state index >= 15 is 0 Å².